The van der Waals surface area contributed by atoms with Crippen LogP contribution in [0.2, 0.25) is 0 Å². The number of nitrogens with one attached hydrogen (secondary N) is 2. The molecule has 0 atom stereocenters. The number of amides is 1. The Kier molecular flexibility index (Phi) is 9.77. The maximum absolute atomic E-state index is 12.5. The summed E-state index contributed by atoms with van der Waals surface area (Å²) in [5.41, 5.74) is 0. The van der Waals surface area contributed by atoms with Crippen molar-refractivity contribution in [3.05, 3.63) is 0 Å². The third-order valence-corrected chi connectivity index (χ3v) is 5.16. The molecule has 0 unspecified atom stereocenters. The SMILES string of the molecule is CCNC(=NCCN1CCN(C(=O)C2CCCC2)CC1)NCCOCC. The number of carbonyl (C=O) groups excluding carboxylic acids is 1. The predicted molar refractivity (Wildman–Crippen MR) is 105 cm³/mol. The summed E-state index contributed by atoms with van der Waals surface area (Å²) in [6.45, 7) is 12.5. The van der Waals surface area contributed by atoms with Gasteiger partial charge in [0.05, 0.1) is 13.2 Å². The van der Waals surface area contributed by atoms with Gasteiger partial charge in [-0.05, 0) is 26.7 Å². The molecule has 2 N–H and O–H groups in total. The molecule has 0 aromatic heterocycles. The second-order valence-electron chi connectivity index (χ2n) is 7.03. The molecule has 7 heteroatoms. The molecule has 2 aliphatic rings. The number of ether oxygens (including phenoxy) is 1. The number of hydrogen-bond donors (Lipinski definition) is 2. The summed E-state index contributed by atoms with van der Waals surface area (Å²) in [7, 11) is 0. The molecule has 1 heterocycles. The monoisotopic (exact) mass is 367 g/mol. The van der Waals surface area contributed by atoms with Gasteiger partial charge in [-0.3, -0.25) is 14.7 Å². The third-order valence-electron chi connectivity index (χ3n) is 5.16. The predicted octanol–water partition coefficient (Wildman–Crippen LogP) is 0.912. The fraction of sp³-hybridized carbons (Fsp3) is 0.895. The standard InChI is InChI=1S/C19H37N5O2/c1-3-20-19(22-10-16-26-4-2)21-9-11-23-12-14-24(15-13-23)18(25)17-7-5-6-8-17/h17H,3-16H2,1-2H3,(H2,20,21,22). The highest BCUT2D eigenvalue weighted by Crippen LogP contribution is 2.26. The molecule has 2 rings (SSSR count). The Morgan fingerprint density at radius 1 is 1.12 bits per heavy atom. The van der Waals surface area contributed by atoms with E-state index in [1.807, 2.05) is 6.92 Å². The second kappa shape index (κ2) is 12.1. The van der Waals surface area contributed by atoms with Crippen LogP contribution in [0.5, 0.6) is 0 Å². The lowest BCUT2D eigenvalue weighted by atomic mass is 10.1. The Morgan fingerprint density at radius 3 is 2.50 bits per heavy atom. The zero-order chi connectivity index (χ0) is 18.6. The van der Waals surface area contributed by atoms with Crippen LogP contribution < -0.4 is 10.6 Å². The fourth-order valence-electron chi connectivity index (χ4n) is 3.65. The van der Waals surface area contributed by atoms with Crippen molar-refractivity contribution < 1.29 is 9.53 Å². The van der Waals surface area contributed by atoms with Gasteiger partial charge in [0.2, 0.25) is 5.91 Å². The van der Waals surface area contributed by atoms with Gasteiger partial charge in [0, 0.05) is 58.3 Å². The minimum Gasteiger partial charge on any atom is -0.380 e. The lowest BCUT2D eigenvalue weighted by molar-refractivity contribution is -0.137. The van der Waals surface area contributed by atoms with E-state index in [-0.39, 0.29) is 0 Å². The molecule has 1 aliphatic heterocycles. The van der Waals surface area contributed by atoms with E-state index in [2.05, 4.69) is 32.3 Å². The molecule has 2 fully saturated rings. The van der Waals surface area contributed by atoms with Crippen molar-refractivity contribution in [2.75, 3.05) is 65.6 Å². The molecule has 1 aliphatic carbocycles. The quantitative estimate of drug-likeness (QED) is 0.360. The molecule has 0 aromatic carbocycles. The van der Waals surface area contributed by atoms with Crippen LogP contribution in [-0.4, -0.2) is 87.2 Å². The summed E-state index contributed by atoms with van der Waals surface area (Å²) in [6.07, 6.45) is 4.64. The van der Waals surface area contributed by atoms with Crippen molar-refractivity contribution in [3.8, 4) is 0 Å². The van der Waals surface area contributed by atoms with Gasteiger partial charge in [0.25, 0.3) is 0 Å². The first kappa shape index (κ1) is 21.0. The van der Waals surface area contributed by atoms with Gasteiger partial charge in [-0.1, -0.05) is 12.8 Å². The van der Waals surface area contributed by atoms with Crippen molar-refractivity contribution in [1.82, 2.24) is 20.4 Å². The first-order chi connectivity index (χ1) is 12.7. The van der Waals surface area contributed by atoms with Crippen molar-refractivity contribution >= 4 is 11.9 Å². The topological polar surface area (TPSA) is 69.2 Å². The Morgan fingerprint density at radius 2 is 1.85 bits per heavy atom. The van der Waals surface area contributed by atoms with Gasteiger partial charge >= 0.3 is 0 Å². The van der Waals surface area contributed by atoms with Crippen LogP contribution in [0, 0.1) is 5.92 Å². The molecule has 26 heavy (non-hydrogen) atoms. The van der Waals surface area contributed by atoms with E-state index in [0.717, 1.165) is 77.8 Å². The Labute approximate surface area is 158 Å². The smallest absolute Gasteiger partial charge is 0.225 e. The number of nitrogens with zero attached hydrogens (tertiary/aromatic N) is 3. The molecular formula is C19H37N5O2. The molecule has 150 valence electrons. The van der Waals surface area contributed by atoms with E-state index in [1.54, 1.807) is 0 Å². The van der Waals surface area contributed by atoms with E-state index in [0.29, 0.717) is 18.4 Å². The Bertz CT molecular complexity index is 430. The Hall–Kier alpha value is -1.34. The van der Waals surface area contributed by atoms with Gasteiger partial charge in [-0.2, -0.15) is 0 Å². The minimum absolute atomic E-state index is 0.302. The lowest BCUT2D eigenvalue weighted by Crippen LogP contribution is -2.50. The molecule has 1 amide bonds. The van der Waals surface area contributed by atoms with E-state index in [9.17, 15) is 4.79 Å². The Balaban J connectivity index is 1.65. The molecule has 0 bridgehead atoms. The molecule has 7 nitrogen and oxygen atoms in total. The highest BCUT2D eigenvalue weighted by Gasteiger charge is 2.29. The van der Waals surface area contributed by atoms with Crippen LogP contribution in [0.4, 0.5) is 0 Å². The van der Waals surface area contributed by atoms with Gasteiger partial charge < -0.3 is 20.3 Å². The number of guanidine groups is 1. The van der Waals surface area contributed by atoms with Crippen molar-refractivity contribution in [2.24, 2.45) is 10.9 Å². The molecule has 0 spiro atoms. The summed E-state index contributed by atoms with van der Waals surface area (Å²) >= 11 is 0. The maximum Gasteiger partial charge on any atom is 0.225 e. The second-order valence-corrected chi connectivity index (χ2v) is 7.03. The van der Waals surface area contributed by atoms with Crippen LogP contribution in [0.1, 0.15) is 39.5 Å². The first-order valence-corrected chi connectivity index (χ1v) is 10.4. The highest BCUT2D eigenvalue weighted by molar-refractivity contribution is 5.80. The zero-order valence-electron chi connectivity index (χ0n) is 16.6. The highest BCUT2D eigenvalue weighted by atomic mass is 16.5. The average molecular weight is 368 g/mol. The van der Waals surface area contributed by atoms with Crippen LogP contribution in [0.15, 0.2) is 4.99 Å². The number of hydrogen-bond acceptors (Lipinski definition) is 4. The summed E-state index contributed by atoms with van der Waals surface area (Å²) in [5.74, 6) is 1.55. The van der Waals surface area contributed by atoms with Crippen molar-refractivity contribution in [1.29, 1.82) is 0 Å². The molecule has 0 radical (unpaired) electrons. The van der Waals surface area contributed by atoms with E-state index in [1.165, 1.54) is 12.8 Å². The zero-order valence-corrected chi connectivity index (χ0v) is 16.6. The summed E-state index contributed by atoms with van der Waals surface area (Å²) < 4.78 is 5.34. The third kappa shape index (κ3) is 7.11. The number of rotatable bonds is 9. The fourth-order valence-corrected chi connectivity index (χ4v) is 3.65. The molecule has 0 aromatic rings. The van der Waals surface area contributed by atoms with Gasteiger partial charge in [-0.15, -0.1) is 0 Å². The molecule has 1 saturated carbocycles. The van der Waals surface area contributed by atoms with Crippen LogP contribution >= 0.6 is 0 Å². The van der Waals surface area contributed by atoms with Gasteiger partial charge in [0.1, 0.15) is 0 Å². The number of carbonyl (C=O) groups is 1. The first-order valence-electron chi connectivity index (χ1n) is 10.4. The number of aliphatic imine (C=N–C) groups is 1. The van der Waals surface area contributed by atoms with Crippen LogP contribution in [0.25, 0.3) is 0 Å². The van der Waals surface area contributed by atoms with Gasteiger partial charge in [0.15, 0.2) is 5.96 Å². The molecule has 1 saturated heterocycles. The average Bonchev–Trinajstić information content (AvgIpc) is 3.20. The van der Waals surface area contributed by atoms with Crippen molar-refractivity contribution in [2.45, 2.75) is 39.5 Å². The molecular weight excluding hydrogens is 330 g/mol. The lowest BCUT2D eigenvalue weighted by Gasteiger charge is -2.35. The maximum atomic E-state index is 12.5. The summed E-state index contributed by atoms with van der Waals surface area (Å²) in [5, 5.41) is 6.55. The van der Waals surface area contributed by atoms with E-state index < -0.39 is 0 Å². The van der Waals surface area contributed by atoms with E-state index >= 15 is 0 Å². The van der Waals surface area contributed by atoms with E-state index in [4.69, 9.17) is 4.74 Å². The normalized spacial score (nSPS) is 19.8. The largest absolute Gasteiger partial charge is 0.380 e. The summed E-state index contributed by atoms with van der Waals surface area (Å²) in [4.78, 5) is 21.6. The van der Waals surface area contributed by atoms with Gasteiger partial charge in [-0.25, -0.2) is 0 Å². The summed E-state index contributed by atoms with van der Waals surface area (Å²) in [6, 6.07) is 0. The number of piperazine rings is 1. The van der Waals surface area contributed by atoms with Crippen LogP contribution in [-0.2, 0) is 9.53 Å². The van der Waals surface area contributed by atoms with Crippen molar-refractivity contribution in [3.63, 3.8) is 0 Å². The minimum atomic E-state index is 0.302. The van der Waals surface area contributed by atoms with Crippen LogP contribution in [0.3, 0.4) is 0 Å².